The van der Waals surface area contributed by atoms with Crippen LogP contribution in [0.25, 0.3) is 0 Å². The lowest BCUT2D eigenvalue weighted by molar-refractivity contribution is 0.100. The van der Waals surface area contributed by atoms with Gasteiger partial charge in [0.25, 0.3) is 5.91 Å². The standard InChI is InChI=1S/C22H25ClFN5O/c23-16-9-5-14(6-10-16)19-13-20(29-28-19)26-22(25-18-3-1-2-4-18)27-21(30)15-7-11-17(24)12-8-15/h5-12,18-20,28-29H,1-4,13H2,(H2,25,26,27,30). The van der Waals surface area contributed by atoms with Crippen LogP contribution >= 0.6 is 11.6 Å². The van der Waals surface area contributed by atoms with Gasteiger partial charge in [0.05, 0.1) is 6.17 Å². The third kappa shape index (κ3) is 5.36. The topological polar surface area (TPSA) is 77.5 Å². The second-order valence-corrected chi connectivity index (χ2v) is 8.16. The van der Waals surface area contributed by atoms with Gasteiger partial charge in [0, 0.05) is 29.1 Å². The summed E-state index contributed by atoms with van der Waals surface area (Å²) in [7, 11) is 0. The van der Waals surface area contributed by atoms with Crippen molar-refractivity contribution in [1.29, 1.82) is 0 Å². The lowest BCUT2D eigenvalue weighted by Crippen LogP contribution is -2.51. The minimum Gasteiger partial charge on any atom is -0.353 e. The maximum absolute atomic E-state index is 13.2. The van der Waals surface area contributed by atoms with Gasteiger partial charge in [0.2, 0.25) is 5.96 Å². The molecule has 0 aromatic heterocycles. The van der Waals surface area contributed by atoms with Gasteiger partial charge in [-0.2, -0.15) is 4.99 Å². The number of hydrogen-bond donors (Lipinski definition) is 4. The number of nitrogens with zero attached hydrogens (tertiary/aromatic N) is 1. The number of hydrazine groups is 1. The van der Waals surface area contributed by atoms with E-state index in [2.05, 4.69) is 26.5 Å². The van der Waals surface area contributed by atoms with E-state index in [0.29, 0.717) is 22.6 Å². The third-order valence-corrected chi connectivity index (χ3v) is 5.74. The van der Waals surface area contributed by atoms with E-state index in [1.807, 2.05) is 24.3 Å². The molecule has 1 amide bonds. The van der Waals surface area contributed by atoms with Gasteiger partial charge in [-0.25, -0.2) is 15.2 Å². The molecule has 2 aromatic carbocycles. The van der Waals surface area contributed by atoms with E-state index in [0.717, 1.165) is 24.8 Å². The van der Waals surface area contributed by atoms with Crippen LogP contribution in [0, 0.1) is 5.82 Å². The first kappa shape index (κ1) is 20.8. The summed E-state index contributed by atoms with van der Waals surface area (Å²) >= 11 is 5.98. The highest BCUT2D eigenvalue weighted by atomic mass is 35.5. The number of aliphatic imine (C=N–C) groups is 1. The summed E-state index contributed by atoms with van der Waals surface area (Å²) in [4.78, 5) is 16.9. The van der Waals surface area contributed by atoms with Crippen LogP contribution in [0.15, 0.2) is 53.5 Å². The summed E-state index contributed by atoms with van der Waals surface area (Å²) in [6.07, 6.45) is 5.08. The van der Waals surface area contributed by atoms with Crippen LogP contribution in [-0.2, 0) is 0 Å². The average molecular weight is 430 g/mol. The number of nitrogens with one attached hydrogen (secondary N) is 4. The van der Waals surface area contributed by atoms with Crippen molar-refractivity contribution in [1.82, 2.24) is 21.5 Å². The van der Waals surface area contributed by atoms with Crippen molar-refractivity contribution in [2.24, 2.45) is 4.99 Å². The summed E-state index contributed by atoms with van der Waals surface area (Å²) in [5.74, 6) is -0.358. The van der Waals surface area contributed by atoms with E-state index < -0.39 is 5.91 Å². The zero-order valence-corrected chi connectivity index (χ0v) is 17.3. The molecular weight excluding hydrogens is 405 g/mol. The second kappa shape index (κ2) is 9.55. The molecule has 0 radical (unpaired) electrons. The molecular formula is C22H25ClFN5O. The van der Waals surface area contributed by atoms with Gasteiger partial charge >= 0.3 is 0 Å². The molecule has 1 aliphatic carbocycles. The van der Waals surface area contributed by atoms with Crippen molar-refractivity contribution in [2.75, 3.05) is 0 Å². The second-order valence-electron chi connectivity index (χ2n) is 7.72. The first-order valence-electron chi connectivity index (χ1n) is 10.2. The van der Waals surface area contributed by atoms with Crippen molar-refractivity contribution in [3.63, 3.8) is 0 Å². The highest BCUT2D eigenvalue weighted by Crippen LogP contribution is 2.23. The Bertz CT molecular complexity index is 897. The fourth-order valence-corrected chi connectivity index (χ4v) is 3.98. The summed E-state index contributed by atoms with van der Waals surface area (Å²) in [5, 5.41) is 7.39. The normalized spacial score (nSPS) is 22.3. The highest BCUT2D eigenvalue weighted by molar-refractivity contribution is 6.30. The van der Waals surface area contributed by atoms with Gasteiger partial charge in [0.1, 0.15) is 5.82 Å². The summed E-state index contributed by atoms with van der Waals surface area (Å²) < 4.78 is 13.2. The Hall–Kier alpha value is -2.48. The molecule has 2 aliphatic rings. The fraction of sp³-hybridized carbons (Fsp3) is 0.364. The van der Waals surface area contributed by atoms with E-state index in [1.165, 1.54) is 37.1 Å². The van der Waals surface area contributed by atoms with Crippen LogP contribution in [0.5, 0.6) is 0 Å². The lowest BCUT2D eigenvalue weighted by atomic mass is 10.0. The van der Waals surface area contributed by atoms with E-state index in [1.54, 1.807) is 0 Å². The average Bonchev–Trinajstić information content (AvgIpc) is 3.41. The Morgan fingerprint density at radius 1 is 1.00 bits per heavy atom. The molecule has 2 unspecified atom stereocenters. The van der Waals surface area contributed by atoms with Crippen molar-refractivity contribution in [3.05, 3.63) is 70.5 Å². The van der Waals surface area contributed by atoms with Gasteiger partial charge in [-0.1, -0.05) is 36.6 Å². The van der Waals surface area contributed by atoms with E-state index >= 15 is 0 Å². The molecule has 2 aromatic rings. The molecule has 0 bridgehead atoms. The minimum atomic E-state index is -0.414. The maximum atomic E-state index is 13.2. The fourth-order valence-electron chi connectivity index (χ4n) is 3.86. The first-order valence-corrected chi connectivity index (χ1v) is 10.6. The third-order valence-electron chi connectivity index (χ3n) is 5.49. The first-order chi connectivity index (χ1) is 14.6. The number of amides is 1. The molecule has 2 atom stereocenters. The molecule has 1 saturated heterocycles. The molecule has 4 rings (SSSR count). The molecule has 4 N–H and O–H groups in total. The molecule has 30 heavy (non-hydrogen) atoms. The van der Waals surface area contributed by atoms with Gasteiger partial charge in [-0.15, -0.1) is 0 Å². The van der Waals surface area contributed by atoms with E-state index in [9.17, 15) is 9.18 Å². The molecule has 158 valence electrons. The highest BCUT2D eigenvalue weighted by Gasteiger charge is 2.27. The van der Waals surface area contributed by atoms with Crippen LogP contribution in [0.4, 0.5) is 4.39 Å². The van der Waals surface area contributed by atoms with E-state index in [-0.39, 0.29) is 18.0 Å². The Morgan fingerprint density at radius 2 is 1.70 bits per heavy atom. The Labute approximate surface area is 180 Å². The molecule has 1 aliphatic heterocycles. The Balaban J connectivity index is 1.45. The summed E-state index contributed by atoms with van der Waals surface area (Å²) in [6.45, 7) is 0. The van der Waals surface area contributed by atoms with Gasteiger partial charge in [-0.3, -0.25) is 4.79 Å². The molecule has 1 heterocycles. The van der Waals surface area contributed by atoms with Gasteiger partial charge < -0.3 is 10.6 Å². The molecule has 0 spiro atoms. The van der Waals surface area contributed by atoms with Gasteiger partial charge in [-0.05, 0) is 54.8 Å². The maximum Gasteiger partial charge on any atom is 0.280 e. The monoisotopic (exact) mass is 429 g/mol. The molecule has 8 heteroatoms. The molecule has 1 saturated carbocycles. The van der Waals surface area contributed by atoms with Crippen molar-refractivity contribution >= 4 is 23.5 Å². The van der Waals surface area contributed by atoms with E-state index in [4.69, 9.17) is 11.6 Å². The zero-order chi connectivity index (χ0) is 20.9. The molecule has 6 nitrogen and oxygen atoms in total. The molecule has 2 fully saturated rings. The number of carbonyl (C=O) groups excluding carboxylic acids is 1. The van der Waals surface area contributed by atoms with Crippen LogP contribution in [0.1, 0.15) is 54.1 Å². The van der Waals surface area contributed by atoms with Gasteiger partial charge in [0.15, 0.2) is 0 Å². The van der Waals surface area contributed by atoms with Crippen LogP contribution in [0.2, 0.25) is 5.02 Å². The lowest BCUT2D eigenvalue weighted by Gasteiger charge is -2.20. The van der Waals surface area contributed by atoms with Crippen molar-refractivity contribution in [3.8, 4) is 0 Å². The number of guanidine groups is 1. The zero-order valence-electron chi connectivity index (χ0n) is 16.5. The number of benzene rings is 2. The Morgan fingerprint density at radius 3 is 2.40 bits per heavy atom. The van der Waals surface area contributed by atoms with Crippen molar-refractivity contribution in [2.45, 2.75) is 50.4 Å². The largest absolute Gasteiger partial charge is 0.353 e. The minimum absolute atomic E-state index is 0.111. The summed E-state index contributed by atoms with van der Waals surface area (Å²) in [6, 6.07) is 13.5. The number of rotatable bonds is 4. The quantitative estimate of drug-likeness (QED) is 0.440. The smallest absolute Gasteiger partial charge is 0.280 e. The SMILES string of the molecule is O=C(/N=C(/NC1CCCC1)NC1CC(c2ccc(Cl)cc2)NN1)c1ccc(F)cc1. The number of halogens is 2. The van der Waals surface area contributed by atoms with Crippen LogP contribution in [0.3, 0.4) is 0 Å². The van der Waals surface area contributed by atoms with Crippen LogP contribution < -0.4 is 21.5 Å². The van der Waals surface area contributed by atoms with Crippen molar-refractivity contribution < 1.29 is 9.18 Å². The predicted octanol–water partition coefficient (Wildman–Crippen LogP) is 3.66. The number of carbonyl (C=O) groups is 1. The Kier molecular flexibility index (Phi) is 6.62. The summed E-state index contributed by atoms with van der Waals surface area (Å²) in [5.41, 5.74) is 7.96. The van der Waals surface area contributed by atoms with Crippen LogP contribution in [-0.4, -0.2) is 24.1 Å². The number of hydrogen-bond acceptors (Lipinski definition) is 3. The predicted molar refractivity (Wildman–Crippen MR) is 116 cm³/mol.